The largest absolute Gasteiger partial charge is 0.456 e. The molecule has 0 radical (unpaired) electrons. The number of hydrogen-bond donors (Lipinski definition) is 2. The highest BCUT2D eigenvalue weighted by molar-refractivity contribution is 5.81. The highest BCUT2D eigenvalue weighted by Crippen LogP contribution is 2.11. The first-order valence-corrected chi connectivity index (χ1v) is 9.51. The molecule has 3 rings (SSSR count). The van der Waals surface area contributed by atoms with Crippen LogP contribution in [0, 0.1) is 0 Å². The monoisotopic (exact) mass is 393 g/mol. The van der Waals surface area contributed by atoms with Crippen molar-refractivity contribution in [3.63, 3.8) is 0 Å². The minimum absolute atomic E-state index is 0.137. The zero-order valence-corrected chi connectivity index (χ0v) is 16.2. The van der Waals surface area contributed by atoms with E-state index < -0.39 is 5.97 Å². The van der Waals surface area contributed by atoms with Crippen LogP contribution in [-0.4, -0.2) is 28.5 Å². The molecule has 3 aromatic rings. The minimum Gasteiger partial charge on any atom is -0.456 e. The molecule has 1 amide bonds. The van der Waals surface area contributed by atoms with Crippen molar-refractivity contribution in [3.8, 4) is 0 Å². The van der Waals surface area contributed by atoms with Gasteiger partial charge in [-0.2, -0.15) is 0 Å². The summed E-state index contributed by atoms with van der Waals surface area (Å²) < 4.78 is 5.03. The van der Waals surface area contributed by atoms with E-state index in [0.29, 0.717) is 29.6 Å². The van der Waals surface area contributed by atoms with Gasteiger partial charge in [-0.3, -0.25) is 14.4 Å². The minimum atomic E-state index is -0.462. The lowest BCUT2D eigenvalue weighted by Gasteiger charge is -2.14. The molecule has 0 bridgehead atoms. The van der Waals surface area contributed by atoms with E-state index in [2.05, 4.69) is 15.3 Å². The van der Waals surface area contributed by atoms with E-state index in [1.165, 1.54) is 0 Å². The third-order valence-corrected chi connectivity index (χ3v) is 4.50. The normalized spacial score (nSPS) is 11.8. The predicted molar refractivity (Wildman–Crippen MR) is 109 cm³/mol. The lowest BCUT2D eigenvalue weighted by molar-refractivity contribution is -0.148. The summed E-state index contributed by atoms with van der Waals surface area (Å²) in [6.07, 6.45) is 1.03. The third kappa shape index (κ3) is 5.75. The second-order valence-corrected chi connectivity index (χ2v) is 6.74. The van der Waals surface area contributed by atoms with E-state index in [0.717, 1.165) is 5.56 Å². The first kappa shape index (κ1) is 20.3. The van der Waals surface area contributed by atoms with Gasteiger partial charge in [-0.05, 0) is 31.0 Å². The van der Waals surface area contributed by atoms with Crippen LogP contribution in [-0.2, 0) is 20.7 Å². The molecule has 0 spiro atoms. The van der Waals surface area contributed by atoms with Crippen molar-refractivity contribution in [2.24, 2.45) is 0 Å². The average Bonchev–Trinajstić information content (AvgIpc) is 2.73. The van der Waals surface area contributed by atoms with Crippen LogP contribution >= 0.6 is 0 Å². The van der Waals surface area contributed by atoms with Crippen molar-refractivity contribution in [1.29, 1.82) is 0 Å². The molecule has 0 aliphatic rings. The van der Waals surface area contributed by atoms with Gasteiger partial charge in [0.2, 0.25) is 0 Å². The second-order valence-electron chi connectivity index (χ2n) is 6.74. The molecule has 2 aromatic carbocycles. The molecule has 1 atom stereocenters. The molecule has 0 unspecified atom stereocenters. The number of nitrogens with zero attached hydrogens (tertiary/aromatic N) is 1. The van der Waals surface area contributed by atoms with Crippen LogP contribution in [0.15, 0.2) is 59.4 Å². The first-order chi connectivity index (χ1) is 14.0. The van der Waals surface area contributed by atoms with Gasteiger partial charge in [0.15, 0.2) is 6.61 Å². The number of H-pyrrole nitrogens is 1. The molecule has 2 N–H and O–H groups in total. The number of aromatic nitrogens is 2. The fourth-order valence-electron chi connectivity index (χ4n) is 2.98. The number of aromatic amines is 1. The van der Waals surface area contributed by atoms with E-state index >= 15 is 0 Å². The van der Waals surface area contributed by atoms with Crippen LogP contribution in [0.3, 0.4) is 0 Å². The fourth-order valence-corrected chi connectivity index (χ4v) is 2.98. The van der Waals surface area contributed by atoms with Crippen molar-refractivity contribution in [1.82, 2.24) is 15.3 Å². The lowest BCUT2D eigenvalue weighted by atomic mass is 10.1. The smallest absolute Gasteiger partial charge is 0.306 e. The molecule has 0 aliphatic heterocycles. The Kier molecular flexibility index (Phi) is 6.73. The number of carbonyl (C=O) groups is 2. The lowest BCUT2D eigenvalue weighted by Crippen LogP contribution is -2.31. The Morgan fingerprint density at radius 1 is 1.10 bits per heavy atom. The summed E-state index contributed by atoms with van der Waals surface area (Å²) in [5, 5.41) is 3.32. The van der Waals surface area contributed by atoms with Crippen molar-refractivity contribution >= 4 is 22.8 Å². The van der Waals surface area contributed by atoms with Gasteiger partial charge in [-0.15, -0.1) is 0 Å². The Bertz CT molecular complexity index is 1050. The Balaban J connectivity index is 1.41. The van der Waals surface area contributed by atoms with Crippen molar-refractivity contribution in [3.05, 3.63) is 76.3 Å². The Morgan fingerprint density at radius 3 is 2.62 bits per heavy atom. The van der Waals surface area contributed by atoms with Crippen molar-refractivity contribution in [2.75, 3.05) is 6.61 Å². The molecular formula is C22H23N3O4. The number of benzene rings is 2. The number of rotatable bonds is 8. The molecule has 0 fully saturated rings. The zero-order chi connectivity index (χ0) is 20.6. The Labute approximate surface area is 168 Å². The molecule has 1 heterocycles. The zero-order valence-electron chi connectivity index (χ0n) is 16.2. The maximum atomic E-state index is 12.0. The summed E-state index contributed by atoms with van der Waals surface area (Å²) in [4.78, 5) is 43.0. The summed E-state index contributed by atoms with van der Waals surface area (Å²) in [5.41, 5.74) is 1.40. The summed E-state index contributed by atoms with van der Waals surface area (Å²) in [6, 6.07) is 16.5. The van der Waals surface area contributed by atoms with Gasteiger partial charge in [0.25, 0.3) is 11.5 Å². The SMILES string of the molecule is C[C@@H](NC(=O)COC(=O)CCCc1nc2ccccc2c(=O)[nH]1)c1ccccc1. The molecule has 1 aromatic heterocycles. The van der Waals surface area contributed by atoms with E-state index in [4.69, 9.17) is 4.74 Å². The van der Waals surface area contributed by atoms with E-state index in [9.17, 15) is 14.4 Å². The molecule has 0 saturated carbocycles. The number of aryl methyl sites for hydroxylation is 1. The maximum absolute atomic E-state index is 12.0. The molecule has 7 heteroatoms. The molecule has 29 heavy (non-hydrogen) atoms. The Hall–Kier alpha value is -3.48. The molecule has 0 aliphatic carbocycles. The number of amides is 1. The van der Waals surface area contributed by atoms with Crippen LogP contribution < -0.4 is 10.9 Å². The van der Waals surface area contributed by atoms with Crippen LogP contribution in [0.1, 0.15) is 37.2 Å². The van der Waals surface area contributed by atoms with Gasteiger partial charge in [0, 0.05) is 12.8 Å². The maximum Gasteiger partial charge on any atom is 0.306 e. The van der Waals surface area contributed by atoms with Crippen LogP contribution in [0.5, 0.6) is 0 Å². The number of esters is 1. The number of hydrogen-bond acceptors (Lipinski definition) is 5. The van der Waals surface area contributed by atoms with E-state index in [1.807, 2.05) is 43.3 Å². The predicted octanol–water partition coefficient (Wildman–Crippen LogP) is 2.67. The highest BCUT2D eigenvalue weighted by atomic mass is 16.5. The second kappa shape index (κ2) is 9.64. The van der Waals surface area contributed by atoms with Crippen LogP contribution in [0.25, 0.3) is 10.9 Å². The molecular weight excluding hydrogens is 370 g/mol. The molecule has 150 valence electrons. The number of nitrogens with one attached hydrogen (secondary N) is 2. The van der Waals surface area contributed by atoms with Gasteiger partial charge < -0.3 is 15.0 Å². The number of ether oxygens (including phenoxy) is 1. The van der Waals surface area contributed by atoms with Gasteiger partial charge >= 0.3 is 5.97 Å². The van der Waals surface area contributed by atoms with E-state index in [1.54, 1.807) is 18.2 Å². The van der Waals surface area contributed by atoms with Crippen molar-refractivity contribution in [2.45, 2.75) is 32.2 Å². The quantitative estimate of drug-likeness (QED) is 0.573. The third-order valence-electron chi connectivity index (χ3n) is 4.50. The molecule has 0 saturated heterocycles. The Morgan fingerprint density at radius 2 is 1.83 bits per heavy atom. The summed E-state index contributed by atoms with van der Waals surface area (Å²) in [7, 11) is 0. The van der Waals surface area contributed by atoms with Gasteiger partial charge in [0.1, 0.15) is 5.82 Å². The fraction of sp³-hybridized carbons (Fsp3) is 0.273. The van der Waals surface area contributed by atoms with Gasteiger partial charge in [-0.25, -0.2) is 4.98 Å². The number of fused-ring (bicyclic) bond motifs is 1. The average molecular weight is 393 g/mol. The first-order valence-electron chi connectivity index (χ1n) is 9.51. The standard InChI is InChI=1S/C22H23N3O4/c1-15(16-8-3-2-4-9-16)23-20(26)14-29-21(27)13-7-12-19-24-18-11-6-5-10-17(18)22(28)25-19/h2-6,8-11,15H,7,12-14H2,1H3,(H,23,26)(H,24,25,28)/t15-/m1/s1. The van der Waals surface area contributed by atoms with Crippen LogP contribution in [0.2, 0.25) is 0 Å². The highest BCUT2D eigenvalue weighted by Gasteiger charge is 2.12. The van der Waals surface area contributed by atoms with E-state index in [-0.39, 0.29) is 30.5 Å². The van der Waals surface area contributed by atoms with Gasteiger partial charge in [0.05, 0.1) is 16.9 Å². The van der Waals surface area contributed by atoms with Gasteiger partial charge in [-0.1, -0.05) is 42.5 Å². The molecule has 7 nitrogen and oxygen atoms in total. The van der Waals surface area contributed by atoms with Crippen molar-refractivity contribution < 1.29 is 14.3 Å². The summed E-state index contributed by atoms with van der Waals surface area (Å²) >= 11 is 0. The summed E-state index contributed by atoms with van der Waals surface area (Å²) in [6.45, 7) is 1.55. The topological polar surface area (TPSA) is 101 Å². The number of carbonyl (C=O) groups excluding carboxylic acids is 2. The number of para-hydroxylation sites is 1. The summed E-state index contributed by atoms with van der Waals surface area (Å²) in [5.74, 6) is -0.290. The van der Waals surface area contributed by atoms with Crippen LogP contribution in [0.4, 0.5) is 0 Å².